The fourth-order valence-electron chi connectivity index (χ4n) is 3.70. The number of fused-ring (bicyclic) bond motifs is 1. The lowest BCUT2D eigenvalue weighted by atomic mass is 10.1. The smallest absolute Gasteiger partial charge is 0.435 e. The number of nitrogens with zero attached hydrogens (tertiary/aromatic N) is 5. The second kappa shape index (κ2) is 8.24. The molecule has 0 radical (unpaired) electrons. The van der Waals surface area contributed by atoms with E-state index in [1.807, 2.05) is 0 Å². The molecule has 0 unspecified atom stereocenters. The molecule has 12 heteroatoms. The Morgan fingerprint density at radius 3 is 2.69 bits per heavy atom. The van der Waals surface area contributed by atoms with Crippen LogP contribution in [0.5, 0.6) is 5.88 Å². The molecule has 3 aromatic rings. The van der Waals surface area contributed by atoms with Gasteiger partial charge < -0.3 is 10.1 Å². The molecule has 1 N–H and O–H groups in total. The highest BCUT2D eigenvalue weighted by molar-refractivity contribution is 5.93. The minimum absolute atomic E-state index is 0.198. The van der Waals surface area contributed by atoms with Gasteiger partial charge in [0.1, 0.15) is 5.69 Å². The Hall–Kier alpha value is -3.44. The molecule has 0 spiro atoms. The van der Waals surface area contributed by atoms with E-state index >= 15 is 0 Å². The highest BCUT2D eigenvalue weighted by Crippen LogP contribution is 2.32. The zero-order valence-electron chi connectivity index (χ0n) is 17.3. The number of rotatable bonds is 4. The second-order valence-electron chi connectivity index (χ2n) is 7.44. The van der Waals surface area contributed by atoms with Crippen LogP contribution >= 0.6 is 0 Å². The van der Waals surface area contributed by atoms with Gasteiger partial charge in [-0.15, -0.1) is 0 Å². The largest absolute Gasteiger partial charge is 0.481 e. The van der Waals surface area contributed by atoms with Crippen LogP contribution < -0.4 is 10.1 Å². The summed E-state index contributed by atoms with van der Waals surface area (Å²) in [6, 6.07) is 3.30. The molecule has 32 heavy (non-hydrogen) atoms. The van der Waals surface area contributed by atoms with E-state index in [4.69, 9.17) is 4.74 Å². The number of amides is 1. The van der Waals surface area contributed by atoms with E-state index in [-0.39, 0.29) is 17.1 Å². The Morgan fingerprint density at radius 1 is 1.22 bits per heavy atom. The molecule has 0 saturated carbocycles. The van der Waals surface area contributed by atoms with Gasteiger partial charge in [0.05, 0.1) is 30.7 Å². The lowest BCUT2D eigenvalue weighted by Gasteiger charge is -2.17. The molecular weight excluding hydrogens is 432 g/mol. The van der Waals surface area contributed by atoms with Gasteiger partial charge in [0, 0.05) is 31.3 Å². The summed E-state index contributed by atoms with van der Waals surface area (Å²) in [5, 5.41) is 10.6. The minimum atomic E-state index is -4.65. The number of pyridine rings is 1. The van der Waals surface area contributed by atoms with Crippen molar-refractivity contribution in [2.24, 2.45) is 7.05 Å². The van der Waals surface area contributed by atoms with Gasteiger partial charge in [-0.25, -0.2) is 9.37 Å². The summed E-state index contributed by atoms with van der Waals surface area (Å²) < 4.78 is 60.8. The maximum absolute atomic E-state index is 14.4. The maximum atomic E-state index is 14.4. The normalized spacial score (nSPS) is 16.4. The van der Waals surface area contributed by atoms with Crippen LogP contribution in [0.15, 0.2) is 24.4 Å². The lowest BCUT2D eigenvalue weighted by Crippen LogP contribution is -2.30. The van der Waals surface area contributed by atoms with Crippen LogP contribution in [0.25, 0.3) is 11.3 Å². The first-order valence-corrected chi connectivity index (χ1v) is 9.87. The van der Waals surface area contributed by atoms with Crippen molar-refractivity contribution in [1.82, 2.24) is 29.9 Å². The third-order valence-electron chi connectivity index (χ3n) is 5.30. The standard InChI is InChI=1S/C20H20F4N6O2/c1-29-16(9-17(28-29)20(22,23)24)19(31)26-13-5-3-4-6-30-15(13)8-14(27-30)11-7-18(32-2)25-10-12(11)21/h7-10,13H,3-6H2,1-2H3,(H,26,31)/t13-/m0/s1. The van der Waals surface area contributed by atoms with Crippen LogP contribution in [0, 0.1) is 5.82 Å². The van der Waals surface area contributed by atoms with Gasteiger partial charge in [0.2, 0.25) is 5.88 Å². The van der Waals surface area contributed by atoms with Gasteiger partial charge in [0.15, 0.2) is 11.5 Å². The molecule has 4 rings (SSSR count). The highest BCUT2D eigenvalue weighted by atomic mass is 19.4. The summed E-state index contributed by atoms with van der Waals surface area (Å²) in [5.74, 6) is -1.03. The Bertz CT molecular complexity index is 1150. The number of aryl methyl sites for hydroxylation is 2. The number of halogens is 4. The predicted octanol–water partition coefficient (Wildman–Crippen LogP) is 3.50. The molecule has 4 heterocycles. The van der Waals surface area contributed by atoms with Crippen LogP contribution in [0.3, 0.4) is 0 Å². The first-order valence-electron chi connectivity index (χ1n) is 9.87. The Kier molecular flexibility index (Phi) is 5.61. The average molecular weight is 452 g/mol. The van der Waals surface area contributed by atoms with Crippen molar-refractivity contribution >= 4 is 5.91 Å². The van der Waals surface area contributed by atoms with E-state index in [1.165, 1.54) is 20.2 Å². The summed E-state index contributed by atoms with van der Waals surface area (Å²) in [6.07, 6.45) is -1.49. The molecule has 1 aliphatic heterocycles. The monoisotopic (exact) mass is 452 g/mol. The molecule has 1 amide bonds. The quantitative estimate of drug-likeness (QED) is 0.613. The average Bonchev–Trinajstić information content (AvgIpc) is 3.29. The summed E-state index contributed by atoms with van der Waals surface area (Å²) in [5.41, 5.74) is -0.166. The number of ether oxygens (including phenoxy) is 1. The molecule has 0 aliphatic carbocycles. The van der Waals surface area contributed by atoms with Crippen LogP contribution in [-0.4, -0.2) is 37.6 Å². The highest BCUT2D eigenvalue weighted by Gasteiger charge is 2.36. The van der Waals surface area contributed by atoms with Crippen LogP contribution in [0.2, 0.25) is 0 Å². The molecular formula is C20H20F4N6O2. The number of carbonyl (C=O) groups excluding carboxylic acids is 1. The van der Waals surface area contributed by atoms with E-state index < -0.39 is 29.6 Å². The number of nitrogens with one attached hydrogen (secondary N) is 1. The molecule has 170 valence electrons. The lowest BCUT2D eigenvalue weighted by molar-refractivity contribution is -0.141. The predicted molar refractivity (Wildman–Crippen MR) is 104 cm³/mol. The third-order valence-corrected chi connectivity index (χ3v) is 5.30. The first kappa shape index (κ1) is 21.8. The molecule has 1 atom stereocenters. The topological polar surface area (TPSA) is 86.9 Å². The molecule has 0 saturated heterocycles. The van der Waals surface area contributed by atoms with Gasteiger partial charge in [0.25, 0.3) is 5.91 Å². The summed E-state index contributed by atoms with van der Waals surface area (Å²) in [6.45, 7) is 0.565. The van der Waals surface area contributed by atoms with Crippen molar-refractivity contribution in [2.45, 2.75) is 38.0 Å². The molecule has 0 fully saturated rings. The number of methoxy groups -OCH3 is 1. The van der Waals surface area contributed by atoms with Crippen molar-refractivity contribution < 1.29 is 27.1 Å². The first-order chi connectivity index (χ1) is 15.2. The van der Waals surface area contributed by atoms with Crippen molar-refractivity contribution in [3.63, 3.8) is 0 Å². The van der Waals surface area contributed by atoms with Gasteiger partial charge >= 0.3 is 6.18 Å². The Labute approximate surface area is 180 Å². The Morgan fingerprint density at radius 2 is 2.00 bits per heavy atom. The van der Waals surface area contributed by atoms with Gasteiger partial charge in [-0.3, -0.25) is 14.2 Å². The van der Waals surface area contributed by atoms with Gasteiger partial charge in [-0.05, 0) is 25.3 Å². The zero-order chi connectivity index (χ0) is 23.0. The van der Waals surface area contributed by atoms with Crippen molar-refractivity contribution in [1.29, 1.82) is 0 Å². The SMILES string of the molecule is COc1cc(-c2cc3n(n2)CCCC[C@@H]3NC(=O)c2cc(C(F)(F)F)nn2C)c(F)cn1. The van der Waals surface area contributed by atoms with E-state index in [1.54, 1.807) is 10.7 Å². The number of hydrogen-bond donors (Lipinski definition) is 1. The molecule has 3 aromatic heterocycles. The van der Waals surface area contributed by atoms with Crippen LogP contribution in [0.4, 0.5) is 17.6 Å². The second-order valence-corrected chi connectivity index (χ2v) is 7.44. The Balaban J connectivity index is 1.64. The van der Waals surface area contributed by atoms with Gasteiger partial charge in [-0.1, -0.05) is 0 Å². The van der Waals surface area contributed by atoms with Crippen LogP contribution in [0.1, 0.15) is 47.2 Å². The van der Waals surface area contributed by atoms with E-state index in [0.717, 1.165) is 23.7 Å². The number of aromatic nitrogens is 5. The number of alkyl halides is 3. The van der Waals surface area contributed by atoms with Crippen molar-refractivity contribution in [3.8, 4) is 17.1 Å². The minimum Gasteiger partial charge on any atom is -0.481 e. The van der Waals surface area contributed by atoms with E-state index in [9.17, 15) is 22.4 Å². The van der Waals surface area contributed by atoms with Gasteiger partial charge in [-0.2, -0.15) is 23.4 Å². The van der Waals surface area contributed by atoms with Crippen LogP contribution in [-0.2, 0) is 19.8 Å². The van der Waals surface area contributed by atoms with E-state index in [0.29, 0.717) is 30.4 Å². The molecule has 0 bridgehead atoms. The number of hydrogen-bond acceptors (Lipinski definition) is 5. The molecule has 8 nitrogen and oxygen atoms in total. The fourth-order valence-corrected chi connectivity index (χ4v) is 3.70. The third kappa shape index (κ3) is 4.16. The summed E-state index contributed by atoms with van der Waals surface area (Å²) in [7, 11) is 2.69. The molecule has 0 aromatic carbocycles. The summed E-state index contributed by atoms with van der Waals surface area (Å²) in [4.78, 5) is 16.6. The van der Waals surface area contributed by atoms with E-state index in [2.05, 4.69) is 20.5 Å². The van der Waals surface area contributed by atoms with Crippen molar-refractivity contribution in [3.05, 3.63) is 47.3 Å². The summed E-state index contributed by atoms with van der Waals surface area (Å²) >= 11 is 0. The van der Waals surface area contributed by atoms with Crippen molar-refractivity contribution in [2.75, 3.05) is 7.11 Å². The maximum Gasteiger partial charge on any atom is 0.435 e. The fraction of sp³-hybridized carbons (Fsp3) is 0.400. The molecule has 1 aliphatic rings. The number of carbonyl (C=O) groups is 1. The zero-order valence-corrected chi connectivity index (χ0v) is 17.3.